The molecule has 8 nitrogen and oxygen atoms in total. The van der Waals surface area contributed by atoms with Crippen LogP contribution >= 0.6 is 0 Å². The Labute approximate surface area is 156 Å². The maximum Gasteiger partial charge on any atom is 0.268 e. The largest absolute Gasteiger partial charge is 0.370 e. The Balaban J connectivity index is 1.39. The molecule has 0 spiro atoms. The van der Waals surface area contributed by atoms with Gasteiger partial charge in [-0.1, -0.05) is 6.07 Å². The lowest BCUT2D eigenvalue weighted by atomic mass is 10.1. The number of aryl methyl sites for hydroxylation is 2. The first kappa shape index (κ1) is 17.3. The number of amides is 1. The number of nitrogens with one attached hydrogen (secondary N) is 2. The molecule has 8 heteroatoms. The normalized spacial score (nSPS) is 16.8. The molecule has 1 aliphatic heterocycles. The van der Waals surface area contributed by atoms with Crippen LogP contribution in [0.2, 0.25) is 0 Å². The molecule has 1 unspecified atom stereocenters. The standard InChI is InChI=1S/C19H22N6O2/c1-12-22-16-5-3-4-15(18(16)23-12)19(27)20-9-13-6-7-25(11-13)14-8-17(26)24(2)21-10-14/h3-5,8,10,13H,6-7,9,11H2,1-2H3,(H,20,27)(H,22,23). The summed E-state index contributed by atoms with van der Waals surface area (Å²) in [6.45, 7) is 4.11. The zero-order valence-electron chi connectivity index (χ0n) is 15.4. The number of para-hydroxylation sites is 1. The highest BCUT2D eigenvalue weighted by Crippen LogP contribution is 2.22. The number of imidazole rings is 1. The quantitative estimate of drug-likeness (QED) is 0.724. The molecule has 4 rings (SSSR count). The van der Waals surface area contributed by atoms with Crippen molar-refractivity contribution in [3.63, 3.8) is 0 Å². The molecule has 0 radical (unpaired) electrons. The van der Waals surface area contributed by atoms with Gasteiger partial charge >= 0.3 is 0 Å². The van der Waals surface area contributed by atoms with Crippen molar-refractivity contribution in [1.82, 2.24) is 25.1 Å². The Kier molecular flexibility index (Phi) is 4.39. The molecule has 2 N–H and O–H groups in total. The van der Waals surface area contributed by atoms with Gasteiger partial charge in [0.2, 0.25) is 0 Å². The predicted octanol–water partition coefficient (Wildman–Crippen LogP) is 1.22. The summed E-state index contributed by atoms with van der Waals surface area (Å²) in [6.07, 6.45) is 2.67. The molecule has 0 aliphatic carbocycles. The van der Waals surface area contributed by atoms with Crippen molar-refractivity contribution >= 4 is 22.6 Å². The fraction of sp³-hybridized carbons (Fsp3) is 0.368. The van der Waals surface area contributed by atoms with E-state index in [4.69, 9.17) is 0 Å². The van der Waals surface area contributed by atoms with Crippen LogP contribution in [0, 0.1) is 12.8 Å². The summed E-state index contributed by atoms with van der Waals surface area (Å²) in [5.41, 5.74) is 2.87. The predicted molar refractivity (Wildman–Crippen MR) is 103 cm³/mol. The molecular formula is C19H22N6O2. The lowest BCUT2D eigenvalue weighted by Gasteiger charge is -2.18. The number of aromatic amines is 1. The number of anilines is 1. The number of benzene rings is 1. The van der Waals surface area contributed by atoms with E-state index in [1.165, 1.54) is 4.68 Å². The molecule has 1 fully saturated rings. The first-order valence-electron chi connectivity index (χ1n) is 9.03. The second-order valence-corrected chi connectivity index (χ2v) is 7.01. The van der Waals surface area contributed by atoms with Gasteiger partial charge in [0.05, 0.1) is 23.0 Å². The number of carbonyl (C=O) groups is 1. The minimum absolute atomic E-state index is 0.110. The fourth-order valence-corrected chi connectivity index (χ4v) is 3.54. The van der Waals surface area contributed by atoms with E-state index < -0.39 is 0 Å². The monoisotopic (exact) mass is 366 g/mol. The summed E-state index contributed by atoms with van der Waals surface area (Å²) in [7, 11) is 1.63. The van der Waals surface area contributed by atoms with Crippen LogP contribution in [0.1, 0.15) is 22.6 Å². The number of hydrogen-bond donors (Lipinski definition) is 2. The highest BCUT2D eigenvalue weighted by Gasteiger charge is 2.24. The molecule has 0 saturated carbocycles. The van der Waals surface area contributed by atoms with E-state index in [9.17, 15) is 9.59 Å². The van der Waals surface area contributed by atoms with Gasteiger partial charge in [0.25, 0.3) is 11.5 Å². The minimum Gasteiger partial charge on any atom is -0.370 e. The van der Waals surface area contributed by atoms with E-state index in [1.807, 2.05) is 19.1 Å². The summed E-state index contributed by atoms with van der Waals surface area (Å²) < 4.78 is 1.31. The third-order valence-electron chi connectivity index (χ3n) is 5.03. The van der Waals surface area contributed by atoms with E-state index in [-0.39, 0.29) is 11.5 Å². The van der Waals surface area contributed by atoms with E-state index >= 15 is 0 Å². The van der Waals surface area contributed by atoms with E-state index in [0.29, 0.717) is 23.5 Å². The van der Waals surface area contributed by atoms with E-state index in [0.717, 1.165) is 36.5 Å². The number of fused-ring (bicyclic) bond motifs is 1. The maximum atomic E-state index is 12.6. The maximum absolute atomic E-state index is 12.6. The van der Waals surface area contributed by atoms with E-state index in [2.05, 4.69) is 25.3 Å². The molecule has 140 valence electrons. The summed E-state index contributed by atoms with van der Waals surface area (Å²) in [4.78, 5) is 34.1. The Hall–Kier alpha value is -3.16. The summed E-state index contributed by atoms with van der Waals surface area (Å²) >= 11 is 0. The number of aromatic nitrogens is 4. The molecule has 1 aromatic carbocycles. The molecular weight excluding hydrogens is 344 g/mol. The Morgan fingerprint density at radius 2 is 2.26 bits per heavy atom. The molecule has 3 aromatic rings. The van der Waals surface area contributed by atoms with Gasteiger partial charge in [0, 0.05) is 32.7 Å². The molecule has 27 heavy (non-hydrogen) atoms. The van der Waals surface area contributed by atoms with Crippen molar-refractivity contribution in [2.75, 3.05) is 24.5 Å². The van der Waals surface area contributed by atoms with Crippen LogP contribution in [0.25, 0.3) is 11.0 Å². The van der Waals surface area contributed by atoms with Crippen LogP contribution < -0.4 is 15.8 Å². The minimum atomic E-state index is -0.119. The van der Waals surface area contributed by atoms with Gasteiger partial charge in [-0.25, -0.2) is 9.67 Å². The Bertz CT molecular complexity index is 1050. The van der Waals surface area contributed by atoms with Crippen LogP contribution in [0.15, 0.2) is 35.3 Å². The number of H-pyrrole nitrogens is 1. The third kappa shape index (κ3) is 3.42. The van der Waals surface area contributed by atoms with Gasteiger partial charge < -0.3 is 15.2 Å². The van der Waals surface area contributed by atoms with Crippen LogP contribution in [0.3, 0.4) is 0 Å². The average Bonchev–Trinajstić information content (AvgIpc) is 3.27. The molecule has 2 aromatic heterocycles. The molecule has 3 heterocycles. The van der Waals surface area contributed by atoms with Crippen molar-refractivity contribution in [2.45, 2.75) is 13.3 Å². The number of rotatable bonds is 4. The van der Waals surface area contributed by atoms with Crippen molar-refractivity contribution in [2.24, 2.45) is 13.0 Å². The van der Waals surface area contributed by atoms with Crippen LogP contribution in [0.4, 0.5) is 5.69 Å². The zero-order chi connectivity index (χ0) is 19.0. The fourth-order valence-electron chi connectivity index (χ4n) is 3.54. The van der Waals surface area contributed by atoms with Crippen molar-refractivity contribution < 1.29 is 4.79 Å². The summed E-state index contributed by atoms with van der Waals surface area (Å²) in [5, 5.41) is 7.11. The zero-order valence-corrected chi connectivity index (χ0v) is 15.4. The van der Waals surface area contributed by atoms with Crippen LogP contribution in [-0.4, -0.2) is 45.3 Å². The smallest absolute Gasteiger partial charge is 0.268 e. The van der Waals surface area contributed by atoms with Gasteiger partial charge in [-0.15, -0.1) is 0 Å². The Morgan fingerprint density at radius 1 is 1.41 bits per heavy atom. The number of hydrogen-bond acceptors (Lipinski definition) is 5. The second kappa shape index (κ2) is 6.86. The average molecular weight is 366 g/mol. The van der Waals surface area contributed by atoms with Crippen molar-refractivity contribution in [3.05, 3.63) is 52.2 Å². The second-order valence-electron chi connectivity index (χ2n) is 7.01. The SMILES string of the molecule is Cc1nc2c(C(=O)NCC3CCN(c4cnn(C)c(=O)c4)C3)cccc2[nH]1. The van der Waals surface area contributed by atoms with Crippen molar-refractivity contribution in [3.8, 4) is 0 Å². The van der Waals surface area contributed by atoms with Gasteiger partial charge in [-0.2, -0.15) is 5.10 Å². The number of nitrogens with zero attached hydrogens (tertiary/aromatic N) is 4. The molecule has 1 amide bonds. The van der Waals surface area contributed by atoms with Crippen LogP contribution in [0.5, 0.6) is 0 Å². The molecule has 0 bridgehead atoms. The van der Waals surface area contributed by atoms with Crippen molar-refractivity contribution in [1.29, 1.82) is 0 Å². The summed E-state index contributed by atoms with van der Waals surface area (Å²) in [6, 6.07) is 7.17. The third-order valence-corrected chi connectivity index (χ3v) is 5.03. The summed E-state index contributed by atoms with van der Waals surface area (Å²) in [5.74, 6) is 1.01. The van der Waals surface area contributed by atoms with Gasteiger partial charge in [-0.05, 0) is 31.4 Å². The molecule has 1 atom stereocenters. The lowest BCUT2D eigenvalue weighted by Crippen LogP contribution is -2.31. The highest BCUT2D eigenvalue weighted by molar-refractivity contribution is 6.04. The topological polar surface area (TPSA) is 95.9 Å². The van der Waals surface area contributed by atoms with Crippen LogP contribution in [-0.2, 0) is 7.05 Å². The van der Waals surface area contributed by atoms with E-state index in [1.54, 1.807) is 25.4 Å². The first-order valence-corrected chi connectivity index (χ1v) is 9.03. The highest BCUT2D eigenvalue weighted by atomic mass is 16.1. The first-order chi connectivity index (χ1) is 13.0. The van der Waals surface area contributed by atoms with Gasteiger partial charge in [0.15, 0.2) is 0 Å². The molecule has 1 saturated heterocycles. The number of carbonyl (C=O) groups excluding carboxylic acids is 1. The Morgan fingerprint density at radius 3 is 3.07 bits per heavy atom. The van der Waals surface area contributed by atoms with Gasteiger partial charge in [-0.3, -0.25) is 9.59 Å². The molecule has 1 aliphatic rings. The van der Waals surface area contributed by atoms with Gasteiger partial charge in [0.1, 0.15) is 11.3 Å². The lowest BCUT2D eigenvalue weighted by molar-refractivity contribution is 0.0950.